The molecular formula is C15H20N2O3. The van der Waals surface area contributed by atoms with Crippen LogP contribution in [0.4, 0.5) is 4.79 Å². The van der Waals surface area contributed by atoms with E-state index in [-0.39, 0.29) is 12.1 Å². The van der Waals surface area contributed by atoms with E-state index in [0.29, 0.717) is 11.5 Å². The average molecular weight is 276 g/mol. The maximum atomic E-state index is 12.2. The molecule has 5 heteroatoms. The summed E-state index contributed by atoms with van der Waals surface area (Å²) in [6.45, 7) is 2.00. The number of carbonyl (C=O) groups excluding carboxylic acids is 1. The lowest BCUT2D eigenvalue weighted by atomic mass is 10.1. The largest absolute Gasteiger partial charge is 0.479 e. The van der Waals surface area contributed by atoms with Gasteiger partial charge in [0.05, 0.1) is 0 Å². The van der Waals surface area contributed by atoms with E-state index in [9.17, 15) is 14.7 Å². The van der Waals surface area contributed by atoms with Crippen molar-refractivity contribution in [3.8, 4) is 0 Å². The number of hydrogen-bond acceptors (Lipinski definition) is 2. The second kappa shape index (κ2) is 5.94. The van der Waals surface area contributed by atoms with Crippen molar-refractivity contribution in [2.75, 3.05) is 7.05 Å². The first-order valence-corrected chi connectivity index (χ1v) is 6.81. The van der Waals surface area contributed by atoms with Crippen LogP contribution >= 0.6 is 0 Å². The van der Waals surface area contributed by atoms with Gasteiger partial charge < -0.3 is 15.3 Å². The highest BCUT2D eigenvalue weighted by Gasteiger charge is 2.33. The van der Waals surface area contributed by atoms with Gasteiger partial charge in [-0.1, -0.05) is 30.3 Å². The van der Waals surface area contributed by atoms with E-state index < -0.39 is 12.0 Å². The number of hydrogen-bond donors (Lipinski definition) is 2. The Morgan fingerprint density at radius 1 is 1.30 bits per heavy atom. The highest BCUT2D eigenvalue weighted by atomic mass is 16.4. The predicted octanol–water partition coefficient (Wildman–Crippen LogP) is 2.25. The third kappa shape index (κ3) is 3.29. The number of urea groups is 1. The Hall–Kier alpha value is -2.04. The molecule has 0 radical (unpaired) electrons. The van der Waals surface area contributed by atoms with E-state index in [4.69, 9.17) is 0 Å². The minimum Gasteiger partial charge on any atom is -0.479 e. The van der Waals surface area contributed by atoms with Crippen molar-refractivity contribution in [2.45, 2.75) is 31.8 Å². The predicted molar refractivity (Wildman–Crippen MR) is 75.3 cm³/mol. The zero-order valence-electron chi connectivity index (χ0n) is 11.7. The Kier molecular flexibility index (Phi) is 4.27. The van der Waals surface area contributed by atoms with E-state index in [1.807, 2.05) is 13.0 Å². The van der Waals surface area contributed by atoms with Crippen LogP contribution < -0.4 is 5.32 Å². The number of rotatable bonds is 5. The van der Waals surface area contributed by atoms with Crippen molar-refractivity contribution in [1.29, 1.82) is 0 Å². The second-order valence-corrected chi connectivity index (χ2v) is 5.32. The van der Waals surface area contributed by atoms with Crippen molar-refractivity contribution in [3.05, 3.63) is 35.9 Å². The summed E-state index contributed by atoms with van der Waals surface area (Å²) in [6.07, 6.45) is 2.28. The van der Waals surface area contributed by atoms with Gasteiger partial charge in [-0.05, 0) is 31.2 Å². The molecule has 0 aliphatic heterocycles. The Morgan fingerprint density at radius 3 is 2.40 bits per heavy atom. The monoisotopic (exact) mass is 276 g/mol. The molecule has 2 rings (SSSR count). The zero-order valence-corrected chi connectivity index (χ0v) is 11.7. The SMILES string of the molecule is CC(C1CC1)N(C)C(=O)NC(C(=O)O)c1ccccc1. The molecule has 108 valence electrons. The van der Waals surface area contributed by atoms with Crippen LogP contribution in [0.2, 0.25) is 0 Å². The van der Waals surface area contributed by atoms with E-state index in [2.05, 4.69) is 5.32 Å². The van der Waals surface area contributed by atoms with Gasteiger partial charge in [0.25, 0.3) is 0 Å². The van der Waals surface area contributed by atoms with Crippen molar-refractivity contribution < 1.29 is 14.7 Å². The number of benzene rings is 1. The Balaban J connectivity index is 2.04. The van der Waals surface area contributed by atoms with Gasteiger partial charge in [0.2, 0.25) is 0 Å². The zero-order chi connectivity index (χ0) is 14.7. The number of nitrogens with one attached hydrogen (secondary N) is 1. The summed E-state index contributed by atoms with van der Waals surface area (Å²) in [5.41, 5.74) is 0.570. The first-order valence-electron chi connectivity index (χ1n) is 6.81. The van der Waals surface area contributed by atoms with Gasteiger partial charge in [-0.25, -0.2) is 9.59 Å². The molecule has 0 aromatic heterocycles. The highest BCUT2D eigenvalue weighted by molar-refractivity contribution is 5.83. The molecule has 1 aliphatic carbocycles. The molecule has 0 saturated heterocycles. The van der Waals surface area contributed by atoms with Gasteiger partial charge in [-0.2, -0.15) is 0 Å². The van der Waals surface area contributed by atoms with Crippen LogP contribution in [0, 0.1) is 5.92 Å². The first-order chi connectivity index (χ1) is 9.50. The normalized spacial score (nSPS) is 17.1. The van der Waals surface area contributed by atoms with Crippen molar-refractivity contribution in [2.24, 2.45) is 5.92 Å². The Bertz CT molecular complexity index is 485. The first kappa shape index (κ1) is 14.4. The summed E-state index contributed by atoms with van der Waals surface area (Å²) >= 11 is 0. The Labute approximate surface area is 118 Å². The van der Waals surface area contributed by atoms with Crippen LogP contribution in [-0.4, -0.2) is 35.1 Å². The number of aliphatic carboxylic acids is 1. The van der Waals surface area contributed by atoms with Crippen LogP contribution in [0.5, 0.6) is 0 Å². The summed E-state index contributed by atoms with van der Waals surface area (Å²) in [5, 5.41) is 11.9. The third-order valence-corrected chi connectivity index (χ3v) is 3.88. The topological polar surface area (TPSA) is 69.6 Å². The van der Waals surface area contributed by atoms with Crippen LogP contribution in [-0.2, 0) is 4.79 Å². The van der Waals surface area contributed by atoms with E-state index >= 15 is 0 Å². The maximum Gasteiger partial charge on any atom is 0.330 e. The molecule has 2 unspecified atom stereocenters. The molecule has 0 heterocycles. The minimum absolute atomic E-state index is 0.139. The molecule has 0 bridgehead atoms. The van der Waals surface area contributed by atoms with Gasteiger partial charge in [0.1, 0.15) is 0 Å². The molecular weight excluding hydrogens is 256 g/mol. The Morgan fingerprint density at radius 2 is 1.90 bits per heavy atom. The number of nitrogens with zero attached hydrogens (tertiary/aromatic N) is 1. The molecule has 0 spiro atoms. The van der Waals surface area contributed by atoms with Crippen LogP contribution in [0.1, 0.15) is 31.4 Å². The number of amides is 2. The highest BCUT2D eigenvalue weighted by Crippen LogP contribution is 2.34. The van der Waals surface area contributed by atoms with Gasteiger partial charge in [0.15, 0.2) is 6.04 Å². The lowest BCUT2D eigenvalue weighted by Crippen LogP contribution is -2.46. The van der Waals surface area contributed by atoms with Crippen molar-refractivity contribution >= 4 is 12.0 Å². The third-order valence-electron chi connectivity index (χ3n) is 3.88. The smallest absolute Gasteiger partial charge is 0.330 e. The minimum atomic E-state index is -1.06. The molecule has 2 N–H and O–H groups in total. The molecule has 1 saturated carbocycles. The quantitative estimate of drug-likeness (QED) is 0.866. The summed E-state index contributed by atoms with van der Waals surface area (Å²) in [5.74, 6) is -0.511. The summed E-state index contributed by atoms with van der Waals surface area (Å²) in [7, 11) is 1.71. The fraction of sp³-hybridized carbons (Fsp3) is 0.467. The van der Waals surface area contributed by atoms with Gasteiger partial charge >= 0.3 is 12.0 Å². The molecule has 1 fully saturated rings. The van der Waals surface area contributed by atoms with E-state index in [0.717, 1.165) is 12.8 Å². The lowest BCUT2D eigenvalue weighted by molar-refractivity contribution is -0.139. The van der Waals surface area contributed by atoms with E-state index in [1.54, 1.807) is 36.2 Å². The molecule has 1 aromatic carbocycles. The van der Waals surface area contributed by atoms with Crippen LogP contribution in [0.3, 0.4) is 0 Å². The molecule has 20 heavy (non-hydrogen) atoms. The number of carboxylic acids is 1. The number of carboxylic acid groups (broad SMARTS) is 1. The molecule has 2 amide bonds. The summed E-state index contributed by atoms with van der Waals surface area (Å²) in [6, 6.07) is 7.50. The van der Waals surface area contributed by atoms with Crippen LogP contribution in [0.15, 0.2) is 30.3 Å². The van der Waals surface area contributed by atoms with Crippen LogP contribution in [0.25, 0.3) is 0 Å². The number of carbonyl (C=O) groups is 2. The van der Waals surface area contributed by atoms with E-state index in [1.165, 1.54) is 0 Å². The fourth-order valence-electron chi connectivity index (χ4n) is 2.24. The lowest BCUT2D eigenvalue weighted by Gasteiger charge is -2.27. The van der Waals surface area contributed by atoms with Gasteiger partial charge in [0, 0.05) is 13.1 Å². The molecule has 2 atom stereocenters. The fourth-order valence-corrected chi connectivity index (χ4v) is 2.24. The standard InChI is InChI=1S/C15H20N2O3/c1-10(11-8-9-11)17(2)15(20)16-13(14(18)19)12-6-4-3-5-7-12/h3-7,10-11,13H,8-9H2,1-2H3,(H,16,20)(H,18,19). The maximum absolute atomic E-state index is 12.2. The molecule has 5 nitrogen and oxygen atoms in total. The average Bonchev–Trinajstić information content (AvgIpc) is 3.28. The summed E-state index contributed by atoms with van der Waals surface area (Å²) < 4.78 is 0. The second-order valence-electron chi connectivity index (χ2n) is 5.32. The summed E-state index contributed by atoms with van der Waals surface area (Å²) in [4.78, 5) is 25.1. The van der Waals surface area contributed by atoms with Gasteiger partial charge in [-0.15, -0.1) is 0 Å². The molecule has 1 aliphatic rings. The van der Waals surface area contributed by atoms with Crippen molar-refractivity contribution in [1.82, 2.24) is 10.2 Å². The molecule has 1 aromatic rings. The van der Waals surface area contributed by atoms with Crippen molar-refractivity contribution in [3.63, 3.8) is 0 Å². The van der Waals surface area contributed by atoms with Gasteiger partial charge in [-0.3, -0.25) is 0 Å².